The Morgan fingerprint density at radius 3 is 2.57 bits per heavy atom. The smallest absolute Gasteiger partial charge is 0.234 e. The Bertz CT molecular complexity index is 1320. The number of fused-ring (bicyclic) bond motifs is 2. The molecule has 0 saturated carbocycles. The lowest BCUT2D eigenvalue weighted by atomic mass is 10.0. The molecule has 1 aromatic heterocycles. The standard InChI is InChI=1S/C29H30N4OS/c1-2-3-8-21-13-15-24(16-14-21)30-27(34)20-35-28-25-11-6-7-12-26(25)31-29(32-28)33-18-17-22-9-4-5-10-23(22)19-33/h4-7,9-16H,2-3,8,17-20H2,1H3,(H,30,34). The number of carbonyl (C=O) groups is 1. The topological polar surface area (TPSA) is 58.1 Å². The van der Waals surface area contributed by atoms with Gasteiger partial charge in [-0.15, -0.1) is 0 Å². The Hall–Kier alpha value is -3.38. The number of nitrogens with one attached hydrogen (secondary N) is 1. The highest BCUT2D eigenvalue weighted by molar-refractivity contribution is 8.00. The first-order valence-electron chi connectivity index (χ1n) is 12.3. The maximum Gasteiger partial charge on any atom is 0.234 e. The summed E-state index contributed by atoms with van der Waals surface area (Å²) in [4.78, 5) is 24.7. The summed E-state index contributed by atoms with van der Waals surface area (Å²) in [6.07, 6.45) is 4.42. The normalized spacial score (nSPS) is 13.0. The summed E-state index contributed by atoms with van der Waals surface area (Å²) in [6.45, 7) is 3.88. The number of amides is 1. The zero-order valence-corrected chi connectivity index (χ0v) is 20.9. The van der Waals surface area contributed by atoms with Crippen LogP contribution < -0.4 is 10.2 Å². The number of benzene rings is 3. The summed E-state index contributed by atoms with van der Waals surface area (Å²) in [5, 5.41) is 4.84. The van der Waals surface area contributed by atoms with E-state index in [2.05, 4.69) is 53.5 Å². The largest absolute Gasteiger partial charge is 0.336 e. The molecule has 0 atom stereocenters. The van der Waals surface area contributed by atoms with Crippen LogP contribution in [0, 0.1) is 0 Å². The molecule has 1 N–H and O–H groups in total. The van der Waals surface area contributed by atoms with Crippen molar-refractivity contribution < 1.29 is 4.79 Å². The number of unbranched alkanes of at least 4 members (excludes halogenated alkanes) is 1. The number of hydrogen-bond acceptors (Lipinski definition) is 5. The molecule has 1 aliphatic rings. The van der Waals surface area contributed by atoms with Gasteiger partial charge in [0.15, 0.2) is 0 Å². The number of nitrogens with zero attached hydrogens (tertiary/aromatic N) is 3. The summed E-state index contributed by atoms with van der Waals surface area (Å²) in [6, 6.07) is 24.8. The summed E-state index contributed by atoms with van der Waals surface area (Å²) < 4.78 is 0. The Morgan fingerprint density at radius 1 is 0.971 bits per heavy atom. The maximum absolute atomic E-state index is 12.7. The van der Waals surface area contributed by atoms with Crippen molar-refractivity contribution in [1.29, 1.82) is 0 Å². The number of carbonyl (C=O) groups excluding carboxylic acids is 1. The lowest BCUT2D eigenvalue weighted by molar-refractivity contribution is -0.113. The van der Waals surface area contributed by atoms with Gasteiger partial charge in [-0.3, -0.25) is 4.79 Å². The number of thioether (sulfide) groups is 1. The first kappa shape index (κ1) is 23.4. The van der Waals surface area contributed by atoms with Crippen molar-refractivity contribution in [3.8, 4) is 0 Å². The van der Waals surface area contributed by atoms with Crippen LogP contribution in [0.5, 0.6) is 0 Å². The monoisotopic (exact) mass is 482 g/mol. The lowest BCUT2D eigenvalue weighted by Gasteiger charge is -2.29. The second-order valence-electron chi connectivity index (χ2n) is 8.92. The van der Waals surface area contributed by atoms with Crippen LogP contribution in [0.3, 0.4) is 0 Å². The van der Waals surface area contributed by atoms with Crippen LogP contribution in [0.15, 0.2) is 77.8 Å². The summed E-state index contributed by atoms with van der Waals surface area (Å²) >= 11 is 1.47. The van der Waals surface area contributed by atoms with Gasteiger partial charge in [0.1, 0.15) is 5.03 Å². The van der Waals surface area contributed by atoms with Crippen molar-refractivity contribution in [1.82, 2.24) is 9.97 Å². The third kappa shape index (κ3) is 5.65. The highest BCUT2D eigenvalue weighted by atomic mass is 32.2. The summed E-state index contributed by atoms with van der Waals surface area (Å²) in [5.74, 6) is 0.983. The van der Waals surface area contributed by atoms with Gasteiger partial charge in [0.05, 0.1) is 11.3 Å². The number of anilines is 2. The number of aryl methyl sites for hydroxylation is 1. The number of aromatic nitrogens is 2. The minimum absolute atomic E-state index is 0.0348. The zero-order valence-electron chi connectivity index (χ0n) is 20.0. The van der Waals surface area contributed by atoms with Crippen LogP contribution in [-0.4, -0.2) is 28.2 Å². The fraction of sp³-hybridized carbons (Fsp3) is 0.276. The van der Waals surface area contributed by atoms with Gasteiger partial charge in [-0.1, -0.05) is 79.7 Å². The van der Waals surface area contributed by atoms with Gasteiger partial charge < -0.3 is 10.2 Å². The fourth-order valence-electron chi connectivity index (χ4n) is 4.42. The Kier molecular flexibility index (Phi) is 7.28. The molecule has 4 aromatic rings. The van der Waals surface area contributed by atoms with Gasteiger partial charge in [0.2, 0.25) is 11.9 Å². The Labute approximate surface area is 211 Å². The van der Waals surface area contributed by atoms with Crippen molar-refractivity contribution in [2.45, 2.75) is 44.2 Å². The van der Waals surface area contributed by atoms with E-state index in [1.165, 1.54) is 41.3 Å². The van der Waals surface area contributed by atoms with Gasteiger partial charge in [-0.25, -0.2) is 9.97 Å². The molecule has 3 aromatic carbocycles. The minimum atomic E-state index is -0.0348. The van der Waals surface area contributed by atoms with Crippen LogP contribution >= 0.6 is 11.8 Å². The number of hydrogen-bond donors (Lipinski definition) is 1. The molecule has 0 bridgehead atoms. The van der Waals surface area contributed by atoms with Gasteiger partial charge in [-0.05, 0) is 54.2 Å². The molecule has 1 aliphatic heterocycles. The zero-order chi connectivity index (χ0) is 24.0. The quantitative estimate of drug-likeness (QED) is 0.237. The molecule has 0 spiro atoms. The van der Waals surface area contributed by atoms with E-state index in [9.17, 15) is 4.79 Å². The Balaban J connectivity index is 1.29. The molecule has 5 rings (SSSR count). The van der Waals surface area contributed by atoms with E-state index in [-0.39, 0.29) is 5.91 Å². The van der Waals surface area contributed by atoms with E-state index < -0.39 is 0 Å². The maximum atomic E-state index is 12.7. The van der Waals surface area contributed by atoms with E-state index in [0.717, 1.165) is 53.5 Å². The SMILES string of the molecule is CCCCc1ccc(NC(=O)CSc2nc(N3CCc4ccccc4C3)nc3ccccc23)cc1. The van der Waals surface area contributed by atoms with Crippen LogP contribution in [0.2, 0.25) is 0 Å². The molecule has 0 unspecified atom stereocenters. The second-order valence-corrected chi connectivity index (χ2v) is 9.89. The molecular weight excluding hydrogens is 452 g/mol. The molecule has 1 amide bonds. The summed E-state index contributed by atoms with van der Waals surface area (Å²) in [5.41, 5.74) is 5.76. The molecule has 0 radical (unpaired) electrons. The second kappa shape index (κ2) is 10.9. The third-order valence-electron chi connectivity index (χ3n) is 6.37. The molecular formula is C29H30N4OS. The van der Waals surface area contributed by atoms with Crippen LogP contribution in [0.4, 0.5) is 11.6 Å². The van der Waals surface area contributed by atoms with Gasteiger partial charge in [-0.2, -0.15) is 0 Å². The molecule has 178 valence electrons. The van der Waals surface area contributed by atoms with Crippen LogP contribution in [0.1, 0.15) is 36.5 Å². The van der Waals surface area contributed by atoms with E-state index in [1.807, 2.05) is 36.4 Å². The van der Waals surface area contributed by atoms with Crippen molar-refractivity contribution in [2.75, 3.05) is 22.5 Å². The molecule has 0 saturated heterocycles. The van der Waals surface area contributed by atoms with Crippen molar-refractivity contribution in [3.63, 3.8) is 0 Å². The van der Waals surface area contributed by atoms with Crippen LogP contribution in [-0.2, 0) is 24.2 Å². The molecule has 6 heteroatoms. The highest BCUT2D eigenvalue weighted by Gasteiger charge is 2.20. The highest BCUT2D eigenvalue weighted by Crippen LogP contribution is 2.30. The fourth-order valence-corrected chi connectivity index (χ4v) is 5.23. The average molecular weight is 483 g/mol. The lowest BCUT2D eigenvalue weighted by Crippen LogP contribution is -2.31. The van der Waals surface area contributed by atoms with Gasteiger partial charge in [0.25, 0.3) is 0 Å². The minimum Gasteiger partial charge on any atom is -0.336 e. The third-order valence-corrected chi connectivity index (χ3v) is 7.36. The Morgan fingerprint density at radius 2 is 1.74 bits per heavy atom. The van der Waals surface area contributed by atoms with Gasteiger partial charge >= 0.3 is 0 Å². The summed E-state index contributed by atoms with van der Waals surface area (Å²) in [7, 11) is 0. The van der Waals surface area contributed by atoms with Crippen molar-refractivity contribution in [2.24, 2.45) is 0 Å². The average Bonchev–Trinajstić information content (AvgIpc) is 2.91. The van der Waals surface area contributed by atoms with E-state index in [0.29, 0.717) is 5.75 Å². The molecule has 2 heterocycles. The number of rotatable bonds is 8. The number of para-hydroxylation sites is 1. The van der Waals surface area contributed by atoms with Gasteiger partial charge in [0, 0.05) is 24.2 Å². The predicted molar refractivity (Wildman–Crippen MR) is 145 cm³/mol. The van der Waals surface area contributed by atoms with Crippen LogP contribution in [0.25, 0.3) is 10.9 Å². The van der Waals surface area contributed by atoms with E-state index in [1.54, 1.807) is 0 Å². The molecule has 0 fully saturated rings. The predicted octanol–water partition coefficient (Wildman–Crippen LogP) is 6.27. The van der Waals surface area contributed by atoms with E-state index >= 15 is 0 Å². The van der Waals surface area contributed by atoms with Crippen molar-refractivity contribution in [3.05, 3.63) is 89.5 Å². The van der Waals surface area contributed by atoms with E-state index in [4.69, 9.17) is 9.97 Å². The molecule has 35 heavy (non-hydrogen) atoms. The molecule has 5 nitrogen and oxygen atoms in total. The first-order valence-corrected chi connectivity index (χ1v) is 13.3. The molecule has 0 aliphatic carbocycles. The first-order chi connectivity index (χ1) is 17.2. The van der Waals surface area contributed by atoms with Crippen molar-refractivity contribution >= 4 is 40.2 Å².